The van der Waals surface area contributed by atoms with Crippen LogP contribution in [0.15, 0.2) is 22.7 Å². The van der Waals surface area contributed by atoms with Crippen molar-refractivity contribution in [2.45, 2.75) is 6.42 Å². The van der Waals surface area contributed by atoms with E-state index >= 15 is 0 Å². The second-order valence-electron chi connectivity index (χ2n) is 2.78. The van der Waals surface area contributed by atoms with Crippen molar-refractivity contribution in [3.05, 3.63) is 33.8 Å². The second kappa shape index (κ2) is 5.41. The first-order valence-electron chi connectivity index (χ1n) is 3.99. The maximum Gasteiger partial charge on any atom is 0.151 e. The summed E-state index contributed by atoms with van der Waals surface area (Å²) in [5, 5.41) is 0.317. The lowest BCUT2D eigenvalue weighted by Gasteiger charge is -2.04. The van der Waals surface area contributed by atoms with Gasteiger partial charge in [0.15, 0.2) is 6.29 Å². The molecule has 0 saturated heterocycles. The summed E-state index contributed by atoms with van der Waals surface area (Å²) < 4.78 is 0.729. The first-order valence-corrected chi connectivity index (χ1v) is 5.90. The highest BCUT2D eigenvalue weighted by Gasteiger charge is 2.08. The SMILES string of the molecule is O=Cc1c(Br)cccc1CC(=O)CBr. The molecule has 2 nitrogen and oxygen atoms in total. The van der Waals surface area contributed by atoms with Crippen LogP contribution in [-0.2, 0) is 11.2 Å². The van der Waals surface area contributed by atoms with Crippen molar-refractivity contribution in [3.8, 4) is 0 Å². The minimum Gasteiger partial charge on any atom is -0.298 e. The molecule has 1 aromatic carbocycles. The number of alkyl halides is 1. The van der Waals surface area contributed by atoms with Crippen molar-refractivity contribution in [1.82, 2.24) is 0 Å². The number of rotatable bonds is 4. The molecule has 0 spiro atoms. The zero-order valence-corrected chi connectivity index (χ0v) is 10.5. The number of aldehydes is 1. The molecule has 14 heavy (non-hydrogen) atoms. The quantitative estimate of drug-likeness (QED) is 0.631. The Bertz CT molecular complexity index is 361. The van der Waals surface area contributed by atoms with Gasteiger partial charge in [-0.05, 0) is 11.6 Å². The van der Waals surface area contributed by atoms with E-state index in [1.165, 1.54) is 0 Å². The van der Waals surface area contributed by atoms with Gasteiger partial charge in [-0.1, -0.05) is 44.0 Å². The first kappa shape index (κ1) is 11.6. The third kappa shape index (κ3) is 2.75. The van der Waals surface area contributed by atoms with Gasteiger partial charge in [-0.25, -0.2) is 0 Å². The lowest BCUT2D eigenvalue weighted by atomic mass is 10.0. The Morgan fingerprint density at radius 2 is 2.14 bits per heavy atom. The fourth-order valence-corrected chi connectivity index (χ4v) is 1.83. The van der Waals surface area contributed by atoms with E-state index in [4.69, 9.17) is 0 Å². The van der Waals surface area contributed by atoms with Gasteiger partial charge >= 0.3 is 0 Å². The van der Waals surface area contributed by atoms with Gasteiger partial charge < -0.3 is 0 Å². The van der Waals surface area contributed by atoms with Crippen LogP contribution < -0.4 is 0 Å². The number of hydrogen-bond donors (Lipinski definition) is 0. The number of benzene rings is 1. The normalized spacial score (nSPS) is 9.86. The molecule has 0 unspecified atom stereocenters. The molecule has 0 aliphatic heterocycles. The van der Waals surface area contributed by atoms with Crippen molar-refractivity contribution in [3.63, 3.8) is 0 Å². The van der Waals surface area contributed by atoms with E-state index in [0.29, 0.717) is 17.3 Å². The minimum absolute atomic E-state index is 0.0613. The number of Topliss-reactive ketones (excluding diaryl/α,β-unsaturated/α-hetero) is 1. The summed E-state index contributed by atoms with van der Waals surface area (Å²) in [6, 6.07) is 5.38. The zero-order chi connectivity index (χ0) is 10.6. The molecular formula is C10H8Br2O2. The van der Waals surface area contributed by atoms with Crippen molar-refractivity contribution < 1.29 is 9.59 Å². The van der Waals surface area contributed by atoms with Gasteiger partial charge in [0.25, 0.3) is 0 Å². The molecule has 0 radical (unpaired) electrons. The molecule has 0 aromatic heterocycles. The molecule has 0 aliphatic rings. The Morgan fingerprint density at radius 3 is 2.71 bits per heavy atom. The topological polar surface area (TPSA) is 34.1 Å². The Labute approximate surface area is 98.9 Å². The highest BCUT2D eigenvalue weighted by atomic mass is 79.9. The van der Waals surface area contributed by atoms with E-state index in [1.807, 2.05) is 6.07 Å². The van der Waals surface area contributed by atoms with Crippen LogP contribution >= 0.6 is 31.9 Å². The highest BCUT2D eigenvalue weighted by Crippen LogP contribution is 2.19. The maximum absolute atomic E-state index is 11.2. The largest absolute Gasteiger partial charge is 0.298 e. The molecule has 74 valence electrons. The Kier molecular flexibility index (Phi) is 4.48. The van der Waals surface area contributed by atoms with Gasteiger partial charge in [0, 0.05) is 16.5 Å². The van der Waals surface area contributed by atoms with Crippen molar-refractivity contribution >= 4 is 43.9 Å². The number of halogens is 2. The Balaban J connectivity index is 3.02. The van der Waals surface area contributed by atoms with Crippen LogP contribution in [0.3, 0.4) is 0 Å². The predicted octanol–water partition coefficient (Wildman–Crippen LogP) is 2.77. The summed E-state index contributed by atoms with van der Waals surface area (Å²) in [5.41, 5.74) is 1.32. The van der Waals surface area contributed by atoms with Gasteiger partial charge in [0.2, 0.25) is 0 Å². The van der Waals surface area contributed by atoms with Crippen molar-refractivity contribution in [1.29, 1.82) is 0 Å². The summed E-state index contributed by atoms with van der Waals surface area (Å²) in [5.74, 6) is 0.0613. The molecule has 0 heterocycles. The molecule has 0 bridgehead atoms. The average molecular weight is 320 g/mol. The number of hydrogen-bond acceptors (Lipinski definition) is 2. The van der Waals surface area contributed by atoms with E-state index in [9.17, 15) is 9.59 Å². The molecule has 0 amide bonds. The van der Waals surface area contributed by atoms with Gasteiger partial charge in [0.05, 0.1) is 5.33 Å². The molecular weight excluding hydrogens is 312 g/mol. The van der Waals surface area contributed by atoms with Gasteiger partial charge in [-0.2, -0.15) is 0 Å². The Morgan fingerprint density at radius 1 is 1.43 bits per heavy atom. The number of carbonyl (C=O) groups is 2. The smallest absolute Gasteiger partial charge is 0.151 e. The van der Waals surface area contributed by atoms with E-state index in [1.54, 1.807) is 12.1 Å². The molecule has 0 fully saturated rings. The zero-order valence-electron chi connectivity index (χ0n) is 7.30. The van der Waals surface area contributed by atoms with Gasteiger partial charge in [-0.15, -0.1) is 0 Å². The van der Waals surface area contributed by atoms with Crippen LogP contribution in [0, 0.1) is 0 Å². The standard InChI is InChI=1S/C10H8Br2O2/c11-5-8(14)4-7-2-1-3-10(12)9(7)6-13/h1-3,6H,4-5H2. The summed E-state index contributed by atoms with van der Waals surface area (Å²) in [6.07, 6.45) is 1.06. The van der Waals surface area contributed by atoms with Crippen molar-refractivity contribution in [2.75, 3.05) is 5.33 Å². The predicted molar refractivity (Wildman–Crippen MR) is 62.0 cm³/mol. The molecule has 0 N–H and O–H groups in total. The molecule has 0 atom stereocenters. The molecule has 0 saturated carbocycles. The monoisotopic (exact) mass is 318 g/mol. The van der Waals surface area contributed by atoms with Gasteiger partial charge in [-0.3, -0.25) is 9.59 Å². The van der Waals surface area contributed by atoms with Crippen LogP contribution in [0.4, 0.5) is 0 Å². The molecule has 1 rings (SSSR count). The number of ketones is 1. The molecule has 4 heteroatoms. The average Bonchev–Trinajstić information content (AvgIpc) is 2.18. The first-order chi connectivity index (χ1) is 6.69. The van der Waals surface area contributed by atoms with Gasteiger partial charge in [0.1, 0.15) is 5.78 Å². The maximum atomic E-state index is 11.2. The molecule has 1 aromatic rings. The van der Waals surface area contributed by atoms with Crippen LogP contribution in [0.25, 0.3) is 0 Å². The third-order valence-corrected chi connectivity index (χ3v) is 3.11. The van der Waals surface area contributed by atoms with E-state index < -0.39 is 0 Å². The van der Waals surface area contributed by atoms with Crippen LogP contribution in [0.2, 0.25) is 0 Å². The van der Waals surface area contributed by atoms with E-state index in [0.717, 1.165) is 16.3 Å². The number of carbonyl (C=O) groups excluding carboxylic acids is 2. The van der Waals surface area contributed by atoms with E-state index in [2.05, 4.69) is 31.9 Å². The van der Waals surface area contributed by atoms with Crippen LogP contribution in [-0.4, -0.2) is 17.4 Å². The summed E-state index contributed by atoms with van der Waals surface area (Å²) >= 11 is 6.35. The molecule has 0 aliphatic carbocycles. The second-order valence-corrected chi connectivity index (χ2v) is 4.19. The minimum atomic E-state index is 0.0613. The fraction of sp³-hybridized carbons (Fsp3) is 0.200. The van der Waals surface area contributed by atoms with Crippen LogP contribution in [0.5, 0.6) is 0 Å². The third-order valence-electron chi connectivity index (χ3n) is 1.80. The highest BCUT2D eigenvalue weighted by molar-refractivity contribution is 9.10. The fourth-order valence-electron chi connectivity index (χ4n) is 1.13. The lowest BCUT2D eigenvalue weighted by molar-refractivity contribution is -0.115. The summed E-state index contributed by atoms with van der Waals surface area (Å²) in [4.78, 5) is 21.9. The van der Waals surface area contributed by atoms with E-state index in [-0.39, 0.29) is 5.78 Å². The van der Waals surface area contributed by atoms with Crippen LogP contribution in [0.1, 0.15) is 15.9 Å². The summed E-state index contributed by atoms with van der Waals surface area (Å²) in [6.45, 7) is 0. The van der Waals surface area contributed by atoms with Crippen molar-refractivity contribution in [2.24, 2.45) is 0 Å². The Hall–Kier alpha value is -0.480. The summed E-state index contributed by atoms with van der Waals surface area (Å²) in [7, 11) is 0. The lowest BCUT2D eigenvalue weighted by Crippen LogP contribution is -2.06.